The van der Waals surface area contributed by atoms with Crippen molar-refractivity contribution in [2.24, 2.45) is 0 Å². The minimum atomic E-state index is 0.550. The Balaban J connectivity index is 2.49. The van der Waals surface area contributed by atoms with Crippen molar-refractivity contribution in [3.8, 4) is 5.75 Å². The molecule has 0 aliphatic rings. The highest BCUT2D eigenvalue weighted by atomic mass is 16.5. The van der Waals surface area contributed by atoms with Crippen molar-refractivity contribution >= 4 is 28.0 Å². The van der Waals surface area contributed by atoms with Crippen molar-refractivity contribution in [2.45, 2.75) is 0 Å². The van der Waals surface area contributed by atoms with Gasteiger partial charge in [0, 0.05) is 5.39 Å². The van der Waals surface area contributed by atoms with Gasteiger partial charge in [0.1, 0.15) is 5.75 Å². The normalized spacial score (nSPS) is 10.6. The van der Waals surface area contributed by atoms with Crippen LogP contribution in [0, 0.1) is 0 Å². The van der Waals surface area contributed by atoms with E-state index in [1.54, 1.807) is 0 Å². The first-order valence-corrected chi connectivity index (χ1v) is 5.34. The van der Waals surface area contributed by atoms with Gasteiger partial charge in [0.05, 0.1) is 0 Å². The molecule has 81 valence electrons. The summed E-state index contributed by atoms with van der Waals surface area (Å²) in [4.78, 5) is 10.4. The van der Waals surface area contributed by atoms with E-state index in [4.69, 9.17) is 4.74 Å². The topological polar surface area (TPSA) is 26.3 Å². The van der Waals surface area contributed by atoms with Crippen LogP contribution in [-0.4, -0.2) is 6.47 Å². The Morgan fingerprint density at radius 3 is 2.24 bits per heavy atom. The lowest BCUT2D eigenvalue weighted by molar-refractivity contribution is 0.445. The molecule has 0 saturated carbocycles. The molecule has 3 aromatic carbocycles. The van der Waals surface area contributed by atoms with Crippen molar-refractivity contribution in [3.63, 3.8) is 0 Å². The quantitative estimate of drug-likeness (QED) is 0.619. The molecule has 0 saturated heterocycles. The fraction of sp³-hybridized carbons (Fsp3) is 0. The minimum Gasteiger partial charge on any atom is -0.417 e. The van der Waals surface area contributed by atoms with E-state index in [0.29, 0.717) is 5.75 Å². The van der Waals surface area contributed by atoms with E-state index < -0.39 is 0 Å². The van der Waals surface area contributed by atoms with Crippen molar-refractivity contribution in [3.05, 3.63) is 54.6 Å². The summed E-state index contributed by atoms with van der Waals surface area (Å²) in [7, 11) is 0. The van der Waals surface area contributed by atoms with E-state index in [1.165, 1.54) is 6.47 Å². The Bertz CT molecular complexity index is 701. The number of rotatable bonds is 2. The number of hydrogen-bond donors (Lipinski definition) is 0. The average Bonchev–Trinajstić information content (AvgIpc) is 2.39. The van der Waals surface area contributed by atoms with Crippen LogP contribution in [0.3, 0.4) is 0 Å². The summed E-state index contributed by atoms with van der Waals surface area (Å²) >= 11 is 0. The highest BCUT2D eigenvalue weighted by Crippen LogP contribution is 2.32. The largest absolute Gasteiger partial charge is 0.423 e. The smallest absolute Gasteiger partial charge is 0.417 e. The molecule has 0 aliphatic carbocycles. The number of fused-ring (bicyclic) bond motifs is 3. The van der Waals surface area contributed by atoms with E-state index in [1.807, 2.05) is 48.5 Å². The van der Waals surface area contributed by atoms with Gasteiger partial charge in [0.2, 0.25) is 0 Å². The fourth-order valence-corrected chi connectivity index (χ4v) is 2.15. The molecule has 0 aliphatic heterocycles. The molecule has 1 radical (unpaired) electrons. The number of hydrogen-bond acceptors (Lipinski definition) is 2. The van der Waals surface area contributed by atoms with Gasteiger partial charge in [0.15, 0.2) is 0 Å². The van der Waals surface area contributed by atoms with Crippen molar-refractivity contribution in [1.29, 1.82) is 0 Å². The summed E-state index contributed by atoms with van der Waals surface area (Å²) in [6.07, 6.45) is 0. The summed E-state index contributed by atoms with van der Waals surface area (Å²) in [5.74, 6) is 0.550. The lowest BCUT2D eigenvalue weighted by atomic mass is 10.0. The molecule has 0 fully saturated rings. The second-order valence-electron chi connectivity index (χ2n) is 3.83. The zero-order valence-electron chi connectivity index (χ0n) is 9.01. The van der Waals surface area contributed by atoms with Gasteiger partial charge in [0.25, 0.3) is 0 Å². The Kier molecular flexibility index (Phi) is 2.26. The molecular formula is C15H9O2. The third-order valence-electron chi connectivity index (χ3n) is 2.88. The molecule has 0 spiro atoms. The maximum Gasteiger partial charge on any atom is 0.423 e. The van der Waals surface area contributed by atoms with Gasteiger partial charge < -0.3 is 4.74 Å². The average molecular weight is 221 g/mol. The van der Waals surface area contributed by atoms with Gasteiger partial charge in [-0.25, -0.2) is 4.79 Å². The molecule has 0 amide bonds. The molecular weight excluding hydrogens is 212 g/mol. The molecule has 0 N–H and O–H groups in total. The molecule has 2 heteroatoms. The molecule has 0 heterocycles. The van der Waals surface area contributed by atoms with Crippen LogP contribution in [0.15, 0.2) is 54.6 Å². The Hall–Kier alpha value is -2.35. The van der Waals surface area contributed by atoms with E-state index >= 15 is 0 Å². The molecule has 17 heavy (non-hydrogen) atoms. The van der Waals surface area contributed by atoms with Crippen LogP contribution < -0.4 is 4.74 Å². The maximum atomic E-state index is 10.4. The summed E-state index contributed by atoms with van der Waals surface area (Å²) in [6, 6.07) is 17.8. The SMILES string of the molecule is O=[C]Oc1cc2ccccc2c2ccccc12. The number of carbonyl (C=O) groups excluding carboxylic acids is 1. The van der Waals surface area contributed by atoms with Crippen LogP contribution in [0.25, 0.3) is 21.5 Å². The number of benzene rings is 3. The molecule has 2 nitrogen and oxygen atoms in total. The zero-order valence-corrected chi connectivity index (χ0v) is 9.01. The first-order valence-electron chi connectivity index (χ1n) is 5.34. The summed E-state index contributed by atoms with van der Waals surface area (Å²) in [6.45, 7) is 1.49. The lowest BCUT2D eigenvalue weighted by Gasteiger charge is -2.07. The van der Waals surface area contributed by atoms with Crippen LogP contribution in [0.5, 0.6) is 5.75 Å². The lowest BCUT2D eigenvalue weighted by Crippen LogP contribution is -1.90. The minimum absolute atomic E-state index is 0.550. The predicted molar refractivity (Wildman–Crippen MR) is 67.8 cm³/mol. The van der Waals surface area contributed by atoms with E-state index in [-0.39, 0.29) is 0 Å². The molecule has 0 bridgehead atoms. The first kappa shape index (κ1) is 9.85. The third-order valence-corrected chi connectivity index (χ3v) is 2.88. The second kappa shape index (κ2) is 3.91. The van der Waals surface area contributed by atoms with Gasteiger partial charge >= 0.3 is 6.47 Å². The molecule has 3 rings (SSSR count). The van der Waals surface area contributed by atoms with Gasteiger partial charge in [-0.1, -0.05) is 48.5 Å². The van der Waals surface area contributed by atoms with Crippen molar-refractivity contribution in [1.82, 2.24) is 0 Å². The summed E-state index contributed by atoms with van der Waals surface area (Å²) < 4.78 is 4.92. The zero-order chi connectivity index (χ0) is 11.7. The predicted octanol–water partition coefficient (Wildman–Crippen LogP) is 3.44. The maximum absolute atomic E-state index is 10.4. The Labute approximate surface area is 98.4 Å². The highest BCUT2D eigenvalue weighted by Gasteiger charge is 2.06. The molecule has 0 unspecified atom stereocenters. The monoisotopic (exact) mass is 221 g/mol. The second-order valence-corrected chi connectivity index (χ2v) is 3.83. The third kappa shape index (κ3) is 1.54. The Morgan fingerprint density at radius 2 is 1.47 bits per heavy atom. The summed E-state index contributed by atoms with van der Waals surface area (Å²) in [5, 5.41) is 4.21. The van der Waals surface area contributed by atoms with Crippen molar-refractivity contribution in [2.75, 3.05) is 0 Å². The van der Waals surface area contributed by atoms with Crippen molar-refractivity contribution < 1.29 is 9.53 Å². The van der Waals surface area contributed by atoms with Gasteiger partial charge in [-0.3, -0.25) is 0 Å². The highest BCUT2D eigenvalue weighted by molar-refractivity contribution is 6.10. The van der Waals surface area contributed by atoms with Crippen LogP contribution in [0.1, 0.15) is 0 Å². The van der Waals surface area contributed by atoms with Gasteiger partial charge in [-0.05, 0) is 22.2 Å². The van der Waals surface area contributed by atoms with E-state index in [9.17, 15) is 4.79 Å². The van der Waals surface area contributed by atoms with Gasteiger partial charge in [-0.15, -0.1) is 0 Å². The first-order chi connectivity index (χ1) is 8.40. The van der Waals surface area contributed by atoms with Crippen LogP contribution >= 0.6 is 0 Å². The molecule has 3 aromatic rings. The van der Waals surface area contributed by atoms with Crippen LogP contribution in [0.4, 0.5) is 0 Å². The standard InChI is InChI=1S/C15H9O2/c16-10-17-15-9-11-5-1-2-6-12(11)13-7-3-4-8-14(13)15/h1-9H. The number of ether oxygens (including phenoxy) is 1. The summed E-state index contributed by atoms with van der Waals surface area (Å²) in [5.41, 5.74) is 0. The molecule has 0 atom stereocenters. The fourth-order valence-electron chi connectivity index (χ4n) is 2.15. The van der Waals surface area contributed by atoms with E-state index in [2.05, 4.69) is 6.07 Å². The van der Waals surface area contributed by atoms with Crippen LogP contribution in [-0.2, 0) is 4.79 Å². The Morgan fingerprint density at radius 1 is 0.824 bits per heavy atom. The van der Waals surface area contributed by atoms with Crippen LogP contribution in [0.2, 0.25) is 0 Å². The molecule has 0 aromatic heterocycles. The van der Waals surface area contributed by atoms with Gasteiger partial charge in [-0.2, -0.15) is 0 Å². The van der Waals surface area contributed by atoms with E-state index in [0.717, 1.165) is 21.5 Å².